The van der Waals surface area contributed by atoms with Crippen LogP contribution in [0.4, 0.5) is 5.69 Å². The van der Waals surface area contributed by atoms with Crippen molar-refractivity contribution >= 4 is 17.7 Å². The van der Waals surface area contributed by atoms with Crippen LogP contribution in [0.15, 0.2) is 30.3 Å². The standard InChI is InChI=1S/C20H25N3O3/c1-2-20(24)22-18-11-12-19(22)17-10-9-16(18)21(17)13-3-4-14-5-7-15(8-6-14)23(25)26/h3-8,16-19H,2,9-13H2,1H3/b4-3+/t16-,17+,18-,19+. The third kappa shape index (κ3) is 2.82. The summed E-state index contributed by atoms with van der Waals surface area (Å²) in [5, 5.41) is 10.7. The monoisotopic (exact) mass is 355 g/mol. The van der Waals surface area contributed by atoms with Gasteiger partial charge in [0.05, 0.1) is 4.92 Å². The predicted molar refractivity (Wildman–Crippen MR) is 99.6 cm³/mol. The minimum atomic E-state index is -0.377. The lowest BCUT2D eigenvalue weighted by molar-refractivity contribution is -0.384. The van der Waals surface area contributed by atoms with Crippen molar-refractivity contribution in [1.29, 1.82) is 0 Å². The van der Waals surface area contributed by atoms with Gasteiger partial charge >= 0.3 is 0 Å². The Morgan fingerprint density at radius 3 is 2.23 bits per heavy atom. The topological polar surface area (TPSA) is 66.7 Å². The van der Waals surface area contributed by atoms with Crippen LogP contribution in [0.1, 0.15) is 44.6 Å². The van der Waals surface area contributed by atoms with Gasteiger partial charge in [-0.15, -0.1) is 0 Å². The van der Waals surface area contributed by atoms with Gasteiger partial charge in [-0.2, -0.15) is 0 Å². The number of carbonyl (C=O) groups is 1. The maximum Gasteiger partial charge on any atom is 0.269 e. The second kappa shape index (κ2) is 6.83. The molecule has 0 aliphatic carbocycles. The van der Waals surface area contributed by atoms with Crippen molar-refractivity contribution in [3.63, 3.8) is 0 Å². The first-order valence-electron chi connectivity index (χ1n) is 9.58. The van der Waals surface area contributed by atoms with Gasteiger partial charge in [0, 0.05) is 49.3 Å². The Morgan fingerprint density at radius 2 is 1.69 bits per heavy atom. The fourth-order valence-corrected chi connectivity index (χ4v) is 5.21. The molecule has 4 rings (SSSR count). The summed E-state index contributed by atoms with van der Waals surface area (Å²) in [6.07, 6.45) is 9.44. The molecule has 3 aliphatic rings. The summed E-state index contributed by atoms with van der Waals surface area (Å²) in [5.41, 5.74) is 1.10. The number of piperazine rings is 1. The summed E-state index contributed by atoms with van der Waals surface area (Å²) in [4.78, 5) is 27.5. The Bertz CT molecular complexity index is 710. The van der Waals surface area contributed by atoms with E-state index < -0.39 is 0 Å². The number of fused-ring (bicyclic) bond motifs is 6. The maximum atomic E-state index is 12.4. The van der Waals surface area contributed by atoms with E-state index in [9.17, 15) is 14.9 Å². The molecule has 1 amide bonds. The number of benzene rings is 1. The highest BCUT2D eigenvalue weighted by molar-refractivity contribution is 5.77. The molecular weight excluding hydrogens is 330 g/mol. The number of non-ortho nitro benzene ring substituents is 1. The average Bonchev–Trinajstić information content (AvgIpc) is 3.16. The van der Waals surface area contributed by atoms with Crippen molar-refractivity contribution in [2.45, 2.75) is 63.2 Å². The maximum absolute atomic E-state index is 12.4. The van der Waals surface area contributed by atoms with Gasteiger partial charge in [-0.25, -0.2) is 0 Å². The number of hydrogen-bond acceptors (Lipinski definition) is 4. The normalized spacial score (nSPS) is 30.3. The van der Waals surface area contributed by atoms with E-state index in [0.29, 0.717) is 36.5 Å². The second-order valence-electron chi connectivity index (χ2n) is 7.53. The lowest BCUT2D eigenvalue weighted by Gasteiger charge is -2.46. The molecule has 0 spiro atoms. The van der Waals surface area contributed by atoms with Crippen LogP contribution in [-0.2, 0) is 4.79 Å². The van der Waals surface area contributed by atoms with E-state index in [2.05, 4.69) is 15.9 Å². The third-order valence-corrected chi connectivity index (χ3v) is 6.29. The van der Waals surface area contributed by atoms with Crippen molar-refractivity contribution in [2.75, 3.05) is 6.54 Å². The smallest absolute Gasteiger partial charge is 0.269 e. The summed E-state index contributed by atoms with van der Waals surface area (Å²) < 4.78 is 0. The fraction of sp³-hybridized carbons (Fsp3) is 0.550. The first-order chi connectivity index (χ1) is 12.6. The number of carbonyl (C=O) groups excluding carboxylic acids is 1. The molecule has 6 heteroatoms. The molecule has 138 valence electrons. The number of rotatable bonds is 5. The van der Waals surface area contributed by atoms with Gasteiger partial charge in [0.2, 0.25) is 5.91 Å². The highest BCUT2D eigenvalue weighted by Crippen LogP contribution is 2.45. The minimum absolute atomic E-state index is 0.119. The van der Waals surface area contributed by atoms with Gasteiger partial charge in [-0.05, 0) is 43.4 Å². The molecule has 3 aliphatic heterocycles. The minimum Gasteiger partial charge on any atom is -0.334 e. The molecule has 0 radical (unpaired) electrons. The Morgan fingerprint density at radius 1 is 1.12 bits per heavy atom. The van der Waals surface area contributed by atoms with Crippen LogP contribution in [0.2, 0.25) is 0 Å². The molecule has 1 aromatic carbocycles. The first kappa shape index (κ1) is 17.2. The Kier molecular flexibility index (Phi) is 4.53. The lowest BCUT2D eigenvalue weighted by atomic mass is 10.0. The number of nitro groups is 1. The number of nitrogens with zero attached hydrogens (tertiary/aromatic N) is 3. The van der Waals surface area contributed by atoms with Crippen LogP contribution >= 0.6 is 0 Å². The van der Waals surface area contributed by atoms with Crippen molar-refractivity contribution in [1.82, 2.24) is 9.80 Å². The molecule has 0 N–H and O–H groups in total. The third-order valence-electron chi connectivity index (χ3n) is 6.29. The van der Waals surface area contributed by atoms with Gasteiger partial charge in [0.25, 0.3) is 5.69 Å². The zero-order valence-corrected chi connectivity index (χ0v) is 15.1. The summed E-state index contributed by atoms with van der Waals surface area (Å²) in [7, 11) is 0. The van der Waals surface area contributed by atoms with Gasteiger partial charge < -0.3 is 4.90 Å². The average molecular weight is 355 g/mol. The zero-order chi connectivity index (χ0) is 18.3. The van der Waals surface area contributed by atoms with Crippen LogP contribution in [0.5, 0.6) is 0 Å². The molecule has 0 aromatic heterocycles. The van der Waals surface area contributed by atoms with E-state index in [1.165, 1.54) is 12.8 Å². The van der Waals surface area contributed by atoms with Gasteiger partial charge in [0.15, 0.2) is 0 Å². The van der Waals surface area contributed by atoms with Gasteiger partial charge in [0.1, 0.15) is 0 Å². The molecule has 26 heavy (non-hydrogen) atoms. The van der Waals surface area contributed by atoms with Crippen molar-refractivity contribution in [3.05, 3.63) is 46.0 Å². The molecule has 0 saturated carbocycles. The van der Waals surface area contributed by atoms with Crippen molar-refractivity contribution in [3.8, 4) is 0 Å². The quantitative estimate of drug-likeness (QED) is 0.601. The summed E-state index contributed by atoms with van der Waals surface area (Å²) in [6, 6.07) is 8.39. The van der Waals surface area contributed by atoms with E-state index in [0.717, 1.165) is 24.9 Å². The first-order valence-corrected chi connectivity index (χ1v) is 9.58. The molecule has 3 saturated heterocycles. The predicted octanol–water partition coefficient (Wildman–Crippen LogP) is 3.22. The largest absolute Gasteiger partial charge is 0.334 e. The Labute approximate surface area is 153 Å². The van der Waals surface area contributed by atoms with E-state index in [1.807, 2.05) is 13.0 Å². The summed E-state index contributed by atoms with van der Waals surface area (Å²) in [6.45, 7) is 2.84. The van der Waals surface area contributed by atoms with Gasteiger partial charge in [-0.3, -0.25) is 19.8 Å². The molecule has 4 atom stereocenters. The van der Waals surface area contributed by atoms with Crippen molar-refractivity contribution < 1.29 is 9.72 Å². The summed E-state index contributed by atoms with van der Waals surface area (Å²) in [5.74, 6) is 0.315. The molecule has 3 fully saturated rings. The molecule has 6 nitrogen and oxygen atoms in total. The van der Waals surface area contributed by atoms with Crippen LogP contribution < -0.4 is 0 Å². The highest BCUT2D eigenvalue weighted by Gasteiger charge is 2.55. The van der Waals surface area contributed by atoms with Crippen LogP contribution in [0.25, 0.3) is 6.08 Å². The molecule has 3 heterocycles. The van der Waals surface area contributed by atoms with E-state index in [-0.39, 0.29) is 10.6 Å². The van der Waals surface area contributed by atoms with E-state index >= 15 is 0 Å². The van der Waals surface area contributed by atoms with Crippen molar-refractivity contribution in [2.24, 2.45) is 0 Å². The highest BCUT2D eigenvalue weighted by atomic mass is 16.6. The summed E-state index contributed by atoms with van der Waals surface area (Å²) >= 11 is 0. The number of amides is 1. The SMILES string of the molecule is CCC(=O)N1[C@@H]2CC[C@H]1[C@@H]1CC[C@H]2N1C/C=C/c1ccc([N+](=O)[O-])cc1. The Balaban J connectivity index is 1.44. The van der Waals surface area contributed by atoms with E-state index in [1.54, 1.807) is 24.3 Å². The van der Waals surface area contributed by atoms with Gasteiger partial charge in [-0.1, -0.05) is 19.1 Å². The molecule has 1 aromatic rings. The molecular formula is C20H25N3O3. The molecule has 0 unspecified atom stereocenters. The number of hydrogen-bond donors (Lipinski definition) is 0. The lowest BCUT2D eigenvalue weighted by Crippen LogP contribution is -2.61. The van der Waals surface area contributed by atoms with Crippen LogP contribution in [0, 0.1) is 10.1 Å². The fourth-order valence-electron chi connectivity index (χ4n) is 5.21. The van der Waals surface area contributed by atoms with Crippen LogP contribution in [0.3, 0.4) is 0 Å². The Hall–Kier alpha value is -2.21. The molecule has 4 bridgehead atoms. The van der Waals surface area contributed by atoms with E-state index in [4.69, 9.17) is 0 Å². The number of nitro benzene ring substituents is 1. The second-order valence-corrected chi connectivity index (χ2v) is 7.53. The zero-order valence-electron chi connectivity index (χ0n) is 15.1. The van der Waals surface area contributed by atoms with Crippen LogP contribution in [-0.4, -0.2) is 51.3 Å².